The number of carbonyl (C=O) groups excluding carboxylic acids is 4. The number of rotatable bonds is 22. The van der Waals surface area contributed by atoms with E-state index in [9.17, 15) is 19.2 Å². The van der Waals surface area contributed by atoms with Crippen molar-refractivity contribution in [2.75, 3.05) is 50.2 Å². The van der Waals surface area contributed by atoms with Crippen molar-refractivity contribution >= 4 is 81.4 Å². The number of amides is 4. The van der Waals surface area contributed by atoms with Crippen molar-refractivity contribution in [2.24, 2.45) is 0 Å². The average Bonchev–Trinajstić information content (AvgIpc) is 2.23. The Bertz CT molecular complexity index is 3280. The lowest BCUT2D eigenvalue weighted by atomic mass is 9.91. The first kappa shape index (κ1) is 62.9. The molecule has 0 aliphatic carbocycles. The van der Waals surface area contributed by atoms with Crippen LogP contribution in [0, 0.1) is 23.7 Å². The summed E-state index contributed by atoms with van der Waals surface area (Å²) in [4.78, 5) is 69.6. The van der Waals surface area contributed by atoms with E-state index in [-0.39, 0.29) is 49.7 Å². The second-order valence-electron chi connectivity index (χ2n) is 22.4. The third kappa shape index (κ3) is 15.6. The van der Waals surface area contributed by atoms with Gasteiger partial charge < -0.3 is 40.5 Å². The Labute approximate surface area is 513 Å². The molecule has 0 saturated carbocycles. The van der Waals surface area contributed by atoms with Crippen LogP contribution in [0.1, 0.15) is 99.2 Å². The van der Waals surface area contributed by atoms with E-state index in [4.69, 9.17) is 65.8 Å². The molecule has 438 valence electrons. The number of nitrogens with one attached hydrogen (secondary N) is 4. The number of carbonyl (C=O) groups is 4. The molecule has 6 aromatic rings. The van der Waals surface area contributed by atoms with Gasteiger partial charge in [-0.1, -0.05) is 124 Å². The number of nitrogens with zero attached hydrogens (tertiary/aromatic N) is 4. The first-order valence-electron chi connectivity index (χ1n) is 28.0. The zero-order chi connectivity index (χ0) is 60.3. The van der Waals surface area contributed by atoms with Crippen LogP contribution in [0.25, 0.3) is 0 Å². The summed E-state index contributed by atoms with van der Waals surface area (Å²) in [6, 6.07) is 26.8. The van der Waals surface area contributed by atoms with Crippen LogP contribution < -0.4 is 40.5 Å². The summed E-state index contributed by atoms with van der Waals surface area (Å²) < 4.78 is 11.8. The highest BCUT2D eigenvalue weighted by Gasteiger charge is 2.44. The number of halogens is 4. The molecule has 0 radical (unpaired) electrons. The van der Waals surface area contributed by atoms with E-state index in [0.29, 0.717) is 81.7 Å². The van der Waals surface area contributed by atoms with E-state index in [0.717, 1.165) is 44.8 Å². The number of ether oxygens (including phenoxy) is 2. The van der Waals surface area contributed by atoms with Crippen molar-refractivity contribution in [3.63, 3.8) is 0 Å². The maximum absolute atomic E-state index is 14.7. The molecule has 8 rings (SSSR count). The van der Waals surface area contributed by atoms with Gasteiger partial charge in [-0.15, -0.1) is 0 Å². The van der Waals surface area contributed by atoms with E-state index in [1.807, 2.05) is 99.0 Å². The fourth-order valence-corrected chi connectivity index (χ4v) is 11.5. The lowest BCUT2D eigenvalue weighted by molar-refractivity contribution is -0.128. The van der Waals surface area contributed by atoms with Crippen LogP contribution in [-0.4, -0.2) is 98.2 Å². The number of benzene rings is 4. The van der Waals surface area contributed by atoms with Crippen molar-refractivity contribution in [3.05, 3.63) is 174 Å². The molecule has 4 amide bonds. The van der Waals surface area contributed by atoms with Crippen molar-refractivity contribution in [3.8, 4) is 35.2 Å². The van der Waals surface area contributed by atoms with Crippen molar-refractivity contribution in [1.82, 2.24) is 31.2 Å². The highest BCUT2D eigenvalue weighted by atomic mass is 35.5. The largest absolute Gasteiger partial charge is 0.481 e. The molecular formula is C66H70Cl4N8O6. The molecule has 4 N–H and O–H groups in total. The highest BCUT2D eigenvalue weighted by molar-refractivity contribution is 6.35. The zero-order valence-electron chi connectivity index (χ0n) is 48.5. The van der Waals surface area contributed by atoms with Crippen LogP contribution in [0.5, 0.6) is 11.5 Å². The van der Waals surface area contributed by atoms with Gasteiger partial charge in [-0.3, -0.25) is 29.1 Å². The number of hydrogen-bond donors (Lipinski definition) is 4. The monoisotopic (exact) mass is 1210 g/mol. The Morgan fingerprint density at radius 1 is 0.548 bits per heavy atom. The van der Waals surface area contributed by atoms with Crippen LogP contribution in [0.2, 0.25) is 20.1 Å². The van der Waals surface area contributed by atoms with Gasteiger partial charge in [0.1, 0.15) is 36.8 Å². The van der Waals surface area contributed by atoms with Crippen LogP contribution in [-0.2, 0) is 55.7 Å². The zero-order valence-corrected chi connectivity index (χ0v) is 51.5. The van der Waals surface area contributed by atoms with Gasteiger partial charge >= 0.3 is 0 Å². The quantitative estimate of drug-likeness (QED) is 0.0481. The summed E-state index contributed by atoms with van der Waals surface area (Å²) in [5.41, 5.74) is 7.35. The van der Waals surface area contributed by atoms with Gasteiger partial charge in [0.15, 0.2) is 0 Å². The van der Waals surface area contributed by atoms with Gasteiger partial charge in [0.25, 0.3) is 0 Å². The first-order chi connectivity index (χ1) is 40.2. The predicted octanol–water partition coefficient (Wildman–Crippen LogP) is 10.4. The smallest absolute Gasteiger partial charge is 0.249 e. The summed E-state index contributed by atoms with van der Waals surface area (Å²) in [6.45, 7) is 13.0. The van der Waals surface area contributed by atoms with Crippen LogP contribution >= 0.6 is 46.4 Å². The number of hydrogen-bond acceptors (Lipinski definition) is 10. The van der Waals surface area contributed by atoms with Crippen LogP contribution in [0.4, 0.5) is 11.4 Å². The molecule has 4 heterocycles. The Morgan fingerprint density at radius 2 is 0.929 bits per heavy atom. The van der Waals surface area contributed by atoms with E-state index in [2.05, 4.69) is 72.6 Å². The Kier molecular flexibility index (Phi) is 21.1. The van der Waals surface area contributed by atoms with Gasteiger partial charge in [0, 0.05) is 82.1 Å². The lowest BCUT2D eigenvalue weighted by Crippen LogP contribution is -2.54. The molecular weight excluding hydrogens is 1140 g/mol. The second-order valence-corrected chi connectivity index (χ2v) is 24.0. The second kappa shape index (κ2) is 28.2. The number of aromatic nitrogens is 2. The first-order valence-corrected chi connectivity index (χ1v) is 29.6. The van der Waals surface area contributed by atoms with Crippen LogP contribution in [0.15, 0.2) is 109 Å². The average molecular weight is 1210 g/mol. The highest BCUT2D eigenvalue weighted by Crippen LogP contribution is 2.42. The van der Waals surface area contributed by atoms with Crippen molar-refractivity contribution in [2.45, 2.75) is 115 Å². The minimum Gasteiger partial charge on any atom is -0.481 e. The molecule has 0 saturated heterocycles. The van der Waals surface area contributed by atoms with E-state index < -0.39 is 35.0 Å². The molecule has 2 aliphatic rings. The van der Waals surface area contributed by atoms with E-state index in [1.165, 1.54) is 0 Å². The maximum atomic E-state index is 14.7. The molecule has 4 atom stereocenters. The molecule has 2 aromatic heterocycles. The summed E-state index contributed by atoms with van der Waals surface area (Å²) in [7, 11) is 3.45. The van der Waals surface area contributed by atoms with Crippen molar-refractivity contribution < 1.29 is 28.7 Å². The van der Waals surface area contributed by atoms with E-state index in [1.54, 1.807) is 48.2 Å². The maximum Gasteiger partial charge on any atom is 0.249 e. The number of likely N-dealkylation sites (N-methyl/N-ethyl adjacent to an activating group) is 2. The van der Waals surface area contributed by atoms with Gasteiger partial charge in [0.2, 0.25) is 23.6 Å². The third-order valence-corrected chi connectivity index (χ3v) is 16.3. The fourth-order valence-electron chi connectivity index (χ4n) is 10.6. The summed E-state index contributed by atoms with van der Waals surface area (Å²) in [5.74, 6) is 11.6. The number of pyridine rings is 2. The Hall–Kier alpha value is -7.14. The fraction of sp³-hybridized carbons (Fsp3) is 0.364. The molecule has 18 heteroatoms. The lowest BCUT2D eigenvalue weighted by Gasteiger charge is -2.27. The molecule has 0 bridgehead atoms. The number of anilines is 2. The van der Waals surface area contributed by atoms with Gasteiger partial charge in [0.05, 0.1) is 34.8 Å². The van der Waals surface area contributed by atoms with Gasteiger partial charge in [-0.25, -0.2) is 0 Å². The Balaban J connectivity index is 0.861. The molecule has 4 aromatic carbocycles. The summed E-state index contributed by atoms with van der Waals surface area (Å²) >= 11 is 25.4. The molecule has 2 aliphatic heterocycles. The number of fused-ring (bicyclic) bond motifs is 2. The van der Waals surface area contributed by atoms with Crippen LogP contribution in [0.3, 0.4) is 0 Å². The van der Waals surface area contributed by atoms with E-state index >= 15 is 0 Å². The Morgan fingerprint density at radius 3 is 1.27 bits per heavy atom. The minimum absolute atomic E-state index is 0.0813. The molecule has 0 unspecified atom stereocenters. The standard InChI is InChI=1S/C66H70Cl4N8O6/c1-9-53(71-7)61(79)75-55(63(81)77-39-65(3,4)59-57(77)33-43(37-73-59)29-45-19-21-47(67)35-51(45)69)31-41-15-23-49(24-16-41)83-27-13-11-12-14-28-84-50-25-17-42(18-26-50)32-56(76-62(80)54(10-2)72-8)64(82)78-40-66(5,6)60-58(78)34-44(38-74-60)30-46-20-22-48(68)36-52(46)70/h15-26,33-38,53-56,71-72H,9-10,27-32,39-40H2,1-8H3,(H,75,79)(H,76,80)/t53-,54-,55-,56-/m0/s1. The molecule has 0 fully saturated rings. The van der Waals surface area contributed by atoms with Crippen molar-refractivity contribution in [1.29, 1.82) is 0 Å². The molecule has 14 nitrogen and oxygen atoms in total. The summed E-state index contributed by atoms with van der Waals surface area (Å²) in [6.07, 6.45) is 6.21. The molecule has 0 spiro atoms. The summed E-state index contributed by atoms with van der Waals surface area (Å²) in [5, 5.41) is 14.4. The SMILES string of the molecule is CC[C@H](NC)C(=O)N[C@@H](Cc1ccc(OCC#CC#CCOc2ccc(C[C@H](NC(=O)[C@H](CC)NC)C(=O)N3CC(C)(C)c4ncc(Cc5ccc(Cl)cc5Cl)cc43)cc2)cc1)C(=O)N1CC(C)(C)c2ncc(Cc3ccc(Cl)cc3Cl)cc21. The third-order valence-electron chi connectivity index (χ3n) is 15.1. The van der Waals surface area contributed by atoms with Gasteiger partial charge in [-0.05, 0) is 145 Å². The normalized spacial score (nSPS) is 15.0. The molecule has 84 heavy (non-hydrogen) atoms. The van der Waals surface area contributed by atoms with Gasteiger partial charge in [-0.2, -0.15) is 0 Å². The minimum atomic E-state index is -0.877. The topological polar surface area (TPSA) is 167 Å². The predicted molar refractivity (Wildman–Crippen MR) is 335 cm³/mol.